The third-order valence-corrected chi connectivity index (χ3v) is 4.02. The molecule has 3 N–H and O–H groups in total. The zero-order valence-electron chi connectivity index (χ0n) is 13.9. The zero-order valence-corrected chi connectivity index (χ0v) is 13.9. The smallest absolute Gasteiger partial charge is 0.349 e. The van der Waals surface area contributed by atoms with Gasteiger partial charge in [0, 0.05) is 36.8 Å². The van der Waals surface area contributed by atoms with Gasteiger partial charge in [-0.05, 0) is 25.1 Å². The minimum absolute atomic E-state index is 0.0439. The maximum atomic E-state index is 12.2. The van der Waals surface area contributed by atoms with E-state index in [0.29, 0.717) is 17.6 Å². The van der Waals surface area contributed by atoms with Crippen molar-refractivity contribution in [3.8, 4) is 11.5 Å². The van der Waals surface area contributed by atoms with Crippen molar-refractivity contribution in [3.63, 3.8) is 0 Å². The molecule has 1 amide bonds. The van der Waals surface area contributed by atoms with E-state index in [1.54, 1.807) is 11.5 Å². The second kappa shape index (κ2) is 6.75. The lowest BCUT2D eigenvalue weighted by molar-refractivity contribution is 0.0948. The highest BCUT2D eigenvalue weighted by Gasteiger charge is 2.14. The van der Waals surface area contributed by atoms with Crippen molar-refractivity contribution in [3.05, 3.63) is 68.4 Å². The van der Waals surface area contributed by atoms with Gasteiger partial charge in [-0.15, -0.1) is 0 Å². The second-order valence-electron chi connectivity index (χ2n) is 5.73. The predicted molar refractivity (Wildman–Crippen MR) is 93.6 cm³/mol. The first kappa shape index (κ1) is 17.3. The lowest BCUT2D eigenvalue weighted by Gasteiger charge is -2.12. The topological polar surface area (TPSA) is 122 Å². The molecule has 0 fully saturated rings. The Hall–Kier alpha value is -3.55. The van der Waals surface area contributed by atoms with Crippen molar-refractivity contribution in [2.45, 2.75) is 13.5 Å². The molecule has 0 aliphatic rings. The zero-order chi connectivity index (χ0) is 18.8. The molecule has 0 radical (unpaired) electrons. The summed E-state index contributed by atoms with van der Waals surface area (Å²) in [6.45, 7) is 2.07. The van der Waals surface area contributed by atoms with Crippen LogP contribution in [0.5, 0.6) is 11.5 Å². The average molecular weight is 356 g/mol. The van der Waals surface area contributed by atoms with Crippen LogP contribution in [0.25, 0.3) is 11.0 Å². The van der Waals surface area contributed by atoms with E-state index in [1.807, 2.05) is 0 Å². The number of fused-ring (bicyclic) bond motifs is 1. The largest absolute Gasteiger partial charge is 0.508 e. The number of hydrogen-bond acceptors (Lipinski definition) is 6. The molecule has 0 atom stereocenters. The van der Waals surface area contributed by atoms with E-state index in [1.165, 1.54) is 36.5 Å². The first-order valence-corrected chi connectivity index (χ1v) is 7.81. The number of nitrogens with one attached hydrogen (secondary N) is 1. The Morgan fingerprint density at radius 2 is 1.96 bits per heavy atom. The van der Waals surface area contributed by atoms with E-state index in [-0.39, 0.29) is 29.2 Å². The summed E-state index contributed by atoms with van der Waals surface area (Å²) in [5, 5.41) is 22.1. The lowest BCUT2D eigenvalue weighted by Crippen LogP contribution is -2.31. The molecule has 0 spiro atoms. The highest BCUT2D eigenvalue weighted by atomic mass is 16.4. The molecule has 0 saturated carbocycles. The molecule has 0 aliphatic carbocycles. The van der Waals surface area contributed by atoms with Gasteiger partial charge in [0.25, 0.3) is 5.91 Å². The number of pyridine rings is 1. The van der Waals surface area contributed by atoms with Gasteiger partial charge in [-0.2, -0.15) is 0 Å². The molecule has 26 heavy (non-hydrogen) atoms. The first-order valence-electron chi connectivity index (χ1n) is 7.81. The SMILES string of the molecule is Cc1c(O)c(=O)ccn1CCNC(=O)c1cc2ccc(O)cc2oc1=O. The monoisotopic (exact) mass is 356 g/mol. The minimum Gasteiger partial charge on any atom is -0.508 e. The molecule has 2 aromatic heterocycles. The number of rotatable bonds is 4. The van der Waals surface area contributed by atoms with Crippen LogP contribution in [0.1, 0.15) is 16.1 Å². The van der Waals surface area contributed by atoms with Crippen LogP contribution in [0.4, 0.5) is 0 Å². The summed E-state index contributed by atoms with van der Waals surface area (Å²) in [4.78, 5) is 35.5. The van der Waals surface area contributed by atoms with E-state index in [0.717, 1.165) is 0 Å². The van der Waals surface area contributed by atoms with Crippen molar-refractivity contribution in [1.29, 1.82) is 0 Å². The minimum atomic E-state index is -0.808. The second-order valence-corrected chi connectivity index (χ2v) is 5.73. The lowest BCUT2D eigenvalue weighted by atomic mass is 10.1. The summed E-state index contributed by atoms with van der Waals surface area (Å²) in [5.41, 5.74) is -0.856. The van der Waals surface area contributed by atoms with Gasteiger partial charge in [0.05, 0.1) is 5.69 Å². The van der Waals surface area contributed by atoms with Crippen molar-refractivity contribution in [2.24, 2.45) is 0 Å². The van der Waals surface area contributed by atoms with E-state index in [9.17, 15) is 24.6 Å². The molecule has 134 valence electrons. The summed E-state index contributed by atoms with van der Waals surface area (Å²) in [5.74, 6) is -0.980. The Labute approximate surface area is 146 Å². The van der Waals surface area contributed by atoms with Crippen molar-refractivity contribution in [1.82, 2.24) is 9.88 Å². The molecule has 0 saturated heterocycles. The molecule has 8 nitrogen and oxygen atoms in total. The number of aromatic nitrogens is 1. The molecule has 8 heteroatoms. The third-order valence-electron chi connectivity index (χ3n) is 4.02. The summed E-state index contributed by atoms with van der Waals surface area (Å²) in [6, 6.07) is 6.89. The molecular formula is C18H16N2O6. The van der Waals surface area contributed by atoms with Gasteiger partial charge in [-0.1, -0.05) is 0 Å². The van der Waals surface area contributed by atoms with Crippen LogP contribution in [0.15, 0.2) is 50.5 Å². The van der Waals surface area contributed by atoms with Gasteiger partial charge in [0.2, 0.25) is 5.43 Å². The van der Waals surface area contributed by atoms with Crippen LogP contribution >= 0.6 is 0 Å². The van der Waals surface area contributed by atoms with E-state index in [4.69, 9.17) is 4.42 Å². The highest BCUT2D eigenvalue weighted by molar-refractivity contribution is 5.96. The molecular weight excluding hydrogens is 340 g/mol. The Bertz CT molecular complexity index is 1110. The van der Waals surface area contributed by atoms with E-state index >= 15 is 0 Å². The fraction of sp³-hybridized carbons (Fsp3) is 0.167. The Morgan fingerprint density at radius 3 is 2.73 bits per heavy atom. The summed E-state index contributed by atoms with van der Waals surface area (Å²) in [6.07, 6.45) is 1.51. The molecule has 3 aromatic rings. The predicted octanol–water partition coefficient (Wildman–Crippen LogP) is 1.10. The number of phenolic OH excluding ortho intramolecular Hbond substituents is 1. The van der Waals surface area contributed by atoms with Gasteiger partial charge < -0.3 is 24.5 Å². The summed E-state index contributed by atoms with van der Waals surface area (Å²) >= 11 is 0. The molecule has 0 bridgehead atoms. The van der Waals surface area contributed by atoms with Crippen LogP contribution in [0.2, 0.25) is 0 Å². The Kier molecular flexibility index (Phi) is 4.49. The van der Waals surface area contributed by atoms with Crippen molar-refractivity contribution < 1.29 is 19.4 Å². The molecule has 1 aromatic carbocycles. The van der Waals surface area contributed by atoms with Gasteiger partial charge in [0.1, 0.15) is 16.9 Å². The average Bonchev–Trinajstić information content (AvgIpc) is 2.61. The van der Waals surface area contributed by atoms with E-state index < -0.39 is 17.0 Å². The number of carbonyl (C=O) groups excluding carboxylic acids is 1. The van der Waals surface area contributed by atoms with Crippen molar-refractivity contribution >= 4 is 16.9 Å². The first-order chi connectivity index (χ1) is 12.4. The molecule has 2 heterocycles. The Morgan fingerprint density at radius 1 is 1.19 bits per heavy atom. The number of amides is 1. The fourth-order valence-corrected chi connectivity index (χ4v) is 2.55. The van der Waals surface area contributed by atoms with Crippen LogP contribution in [0, 0.1) is 6.92 Å². The highest BCUT2D eigenvalue weighted by Crippen LogP contribution is 2.19. The van der Waals surface area contributed by atoms with Crippen LogP contribution in [-0.4, -0.2) is 27.2 Å². The third kappa shape index (κ3) is 3.30. The number of phenols is 1. The number of nitrogens with zero attached hydrogens (tertiary/aromatic N) is 1. The number of benzene rings is 1. The van der Waals surface area contributed by atoms with Crippen LogP contribution < -0.4 is 16.4 Å². The maximum Gasteiger partial charge on any atom is 0.349 e. The molecule has 0 aliphatic heterocycles. The maximum absolute atomic E-state index is 12.2. The van der Waals surface area contributed by atoms with Gasteiger partial charge in [0.15, 0.2) is 5.75 Å². The van der Waals surface area contributed by atoms with Gasteiger partial charge in [-0.25, -0.2) is 4.79 Å². The standard InChI is InChI=1S/C18H16N2O6/c1-10-16(23)14(22)4-6-20(10)7-5-19-17(24)13-8-11-2-3-12(21)9-15(11)26-18(13)25/h2-4,6,8-9,21,23H,5,7H2,1H3,(H,19,24). The van der Waals surface area contributed by atoms with Gasteiger partial charge in [-0.3, -0.25) is 9.59 Å². The molecule has 3 rings (SSSR count). The number of hydrogen-bond donors (Lipinski definition) is 3. The normalized spacial score (nSPS) is 10.8. The van der Waals surface area contributed by atoms with Crippen molar-refractivity contribution in [2.75, 3.05) is 6.54 Å². The van der Waals surface area contributed by atoms with Crippen LogP contribution in [0.3, 0.4) is 0 Å². The fourth-order valence-electron chi connectivity index (χ4n) is 2.55. The van der Waals surface area contributed by atoms with Gasteiger partial charge >= 0.3 is 5.63 Å². The number of carbonyl (C=O) groups is 1. The van der Waals surface area contributed by atoms with E-state index in [2.05, 4.69) is 5.32 Å². The summed E-state index contributed by atoms with van der Waals surface area (Å²) < 4.78 is 6.67. The molecule has 0 unspecified atom stereocenters. The Balaban J connectivity index is 1.75. The number of aromatic hydroxyl groups is 2. The quantitative estimate of drug-likeness (QED) is 0.602. The van der Waals surface area contributed by atoms with Crippen LogP contribution in [-0.2, 0) is 6.54 Å². The summed E-state index contributed by atoms with van der Waals surface area (Å²) in [7, 11) is 0.